The fraction of sp³-hybridized carbons (Fsp3) is 0.694. The maximum atomic E-state index is 2.59. The van der Waals surface area contributed by atoms with Gasteiger partial charge in [-0.25, -0.2) is 9.13 Å². The van der Waals surface area contributed by atoms with Crippen LogP contribution in [0.2, 0.25) is 0 Å². The van der Waals surface area contributed by atoms with Gasteiger partial charge in [0.05, 0.1) is 6.54 Å². The summed E-state index contributed by atoms with van der Waals surface area (Å²) in [5.41, 5.74) is 2.90. The summed E-state index contributed by atoms with van der Waals surface area (Å²) in [6, 6.07) is 23.0. The van der Waals surface area contributed by atoms with E-state index in [0.717, 1.165) is 13.0 Å². The third-order valence-electron chi connectivity index (χ3n) is 11.8. The molecule has 0 saturated heterocycles. The van der Waals surface area contributed by atoms with Crippen molar-refractivity contribution in [3.8, 4) is 0 Å². The topological polar surface area (TPSA) is 8.81 Å². The molecule has 0 radical (unpaired) electrons. The van der Waals surface area contributed by atoms with Gasteiger partial charge in [-0.15, -0.1) is 0 Å². The third kappa shape index (κ3) is 18.3. The highest BCUT2D eigenvalue weighted by molar-refractivity contribution is 5.30. The average molecular weight is 698 g/mol. The van der Waals surface area contributed by atoms with Crippen LogP contribution in [0.4, 0.5) is 0 Å². The first kappa shape index (κ1) is 43.1. The van der Waals surface area contributed by atoms with Gasteiger partial charge in [-0.2, -0.15) is 0 Å². The summed E-state index contributed by atoms with van der Waals surface area (Å²) in [5.74, 6) is 0. The molecule has 2 unspecified atom stereocenters. The first-order valence-corrected chi connectivity index (χ1v) is 22.3. The number of nitrogens with zero attached hydrogens (tertiary/aromatic N) is 2. The molecule has 51 heavy (non-hydrogen) atoms. The minimum Gasteiger partial charge on any atom is -0.237 e. The molecular weight excluding hydrogens is 617 g/mol. The molecule has 3 aromatic rings. The van der Waals surface area contributed by atoms with Crippen LogP contribution >= 0.6 is 0 Å². The van der Waals surface area contributed by atoms with Gasteiger partial charge in [0, 0.05) is 5.41 Å². The van der Waals surface area contributed by atoms with E-state index in [1.165, 1.54) is 184 Å². The van der Waals surface area contributed by atoms with E-state index in [1.807, 2.05) is 0 Å². The van der Waals surface area contributed by atoms with Gasteiger partial charge in [-0.05, 0) is 43.2 Å². The Bertz CT molecular complexity index is 1180. The second kappa shape index (κ2) is 28.2. The number of benzene rings is 2. The summed E-state index contributed by atoms with van der Waals surface area (Å²) in [6.45, 7) is 8.29. The van der Waals surface area contributed by atoms with Crippen molar-refractivity contribution in [2.75, 3.05) is 0 Å². The van der Waals surface area contributed by atoms with Crippen molar-refractivity contribution < 1.29 is 4.57 Å². The third-order valence-corrected chi connectivity index (χ3v) is 11.8. The molecule has 3 rings (SSSR count). The highest BCUT2D eigenvalue weighted by Gasteiger charge is 2.40. The number of unbranched alkanes of at least 4 members (excludes halogenated alkanes) is 24. The standard InChI is InChI=1S/C49H81N2/c1-4-6-8-10-12-14-16-17-18-19-20-21-23-25-27-35-41-50-42-43-51(45-50)48(40-34-26-24-22-15-13-11-9-7-5-2)49(3,47-38-32-29-33-39-47)44-46-36-30-28-31-37-46/h28-33,36-39,42-43,45,48H,4-27,34-35,40-41,44H2,1-3H3/q+1. The Balaban J connectivity index is 1.47. The van der Waals surface area contributed by atoms with Crippen LogP contribution in [0, 0.1) is 0 Å². The van der Waals surface area contributed by atoms with Gasteiger partial charge in [-0.1, -0.05) is 229 Å². The van der Waals surface area contributed by atoms with Crippen molar-refractivity contribution in [1.29, 1.82) is 0 Å². The average Bonchev–Trinajstić information content (AvgIpc) is 3.62. The van der Waals surface area contributed by atoms with Crippen molar-refractivity contribution in [3.05, 3.63) is 90.5 Å². The lowest BCUT2D eigenvalue weighted by Crippen LogP contribution is -2.38. The van der Waals surface area contributed by atoms with Crippen LogP contribution < -0.4 is 4.57 Å². The van der Waals surface area contributed by atoms with Crippen molar-refractivity contribution in [1.82, 2.24) is 4.57 Å². The zero-order valence-corrected chi connectivity index (χ0v) is 34.0. The second-order valence-electron chi connectivity index (χ2n) is 16.3. The lowest BCUT2D eigenvalue weighted by Gasteiger charge is -2.37. The smallest absolute Gasteiger partial charge is 0.237 e. The molecule has 0 aliphatic rings. The van der Waals surface area contributed by atoms with Gasteiger partial charge in [0.15, 0.2) is 0 Å². The normalized spacial score (nSPS) is 13.4. The molecule has 0 saturated carbocycles. The Morgan fingerprint density at radius 3 is 1.39 bits per heavy atom. The molecule has 0 aliphatic heterocycles. The first-order chi connectivity index (χ1) is 25.2. The molecule has 0 amide bonds. The molecular formula is C49H81N2+. The molecule has 0 bridgehead atoms. The molecule has 1 heterocycles. The summed E-state index contributed by atoms with van der Waals surface area (Å²) < 4.78 is 5.07. The van der Waals surface area contributed by atoms with Crippen molar-refractivity contribution in [3.63, 3.8) is 0 Å². The summed E-state index contributed by atoms with van der Waals surface area (Å²) in [5, 5.41) is 0. The van der Waals surface area contributed by atoms with E-state index in [1.54, 1.807) is 0 Å². The number of imidazole rings is 1. The van der Waals surface area contributed by atoms with E-state index >= 15 is 0 Å². The molecule has 0 spiro atoms. The fourth-order valence-electron chi connectivity index (χ4n) is 8.44. The Kier molecular flexibility index (Phi) is 23.8. The van der Waals surface area contributed by atoms with Crippen LogP contribution in [0.1, 0.15) is 211 Å². The number of rotatable bonds is 33. The van der Waals surface area contributed by atoms with Gasteiger partial charge in [-0.3, -0.25) is 0 Å². The molecule has 2 nitrogen and oxygen atoms in total. The molecule has 2 aromatic carbocycles. The Morgan fingerprint density at radius 2 is 0.922 bits per heavy atom. The zero-order chi connectivity index (χ0) is 36.1. The Hall–Kier alpha value is -2.35. The molecule has 286 valence electrons. The maximum absolute atomic E-state index is 2.59. The van der Waals surface area contributed by atoms with E-state index in [9.17, 15) is 0 Å². The van der Waals surface area contributed by atoms with Crippen molar-refractivity contribution >= 4 is 0 Å². The number of hydrogen-bond acceptors (Lipinski definition) is 0. The van der Waals surface area contributed by atoms with E-state index in [4.69, 9.17) is 0 Å². The molecule has 2 heteroatoms. The van der Waals surface area contributed by atoms with Gasteiger partial charge >= 0.3 is 0 Å². The summed E-state index contributed by atoms with van der Waals surface area (Å²) in [6.07, 6.45) is 46.1. The predicted molar refractivity (Wildman–Crippen MR) is 224 cm³/mol. The van der Waals surface area contributed by atoms with E-state index in [-0.39, 0.29) is 5.41 Å². The predicted octanol–water partition coefficient (Wildman–Crippen LogP) is 15.1. The molecule has 0 N–H and O–H groups in total. The van der Waals surface area contributed by atoms with E-state index in [2.05, 4.69) is 109 Å². The van der Waals surface area contributed by atoms with E-state index in [0.29, 0.717) is 6.04 Å². The minimum absolute atomic E-state index is 0.00693. The number of aromatic nitrogens is 2. The van der Waals surface area contributed by atoms with Crippen molar-refractivity contribution in [2.45, 2.75) is 219 Å². The molecule has 2 atom stereocenters. The molecule has 0 aliphatic carbocycles. The van der Waals surface area contributed by atoms with Crippen LogP contribution in [-0.4, -0.2) is 4.57 Å². The van der Waals surface area contributed by atoms with Gasteiger partial charge in [0.1, 0.15) is 18.4 Å². The number of aryl methyl sites for hydroxylation is 1. The van der Waals surface area contributed by atoms with E-state index < -0.39 is 0 Å². The lowest BCUT2D eigenvalue weighted by atomic mass is 9.70. The summed E-state index contributed by atoms with van der Waals surface area (Å²) >= 11 is 0. The SMILES string of the molecule is CCCCCCCCCCCCCCCCCC[n+]1ccn(C(CCCCCCCCCCCC)C(C)(Cc2ccccc2)c2ccccc2)c1. The van der Waals surface area contributed by atoms with Crippen LogP contribution in [0.3, 0.4) is 0 Å². The highest BCUT2D eigenvalue weighted by atomic mass is 15.1. The largest absolute Gasteiger partial charge is 0.244 e. The van der Waals surface area contributed by atoms with Crippen molar-refractivity contribution in [2.24, 2.45) is 0 Å². The second-order valence-corrected chi connectivity index (χ2v) is 16.3. The molecule has 0 fully saturated rings. The molecule has 1 aromatic heterocycles. The summed E-state index contributed by atoms with van der Waals surface area (Å²) in [7, 11) is 0. The Morgan fingerprint density at radius 1 is 0.510 bits per heavy atom. The first-order valence-electron chi connectivity index (χ1n) is 22.3. The van der Waals surface area contributed by atoms with Crippen LogP contribution in [0.25, 0.3) is 0 Å². The highest BCUT2D eigenvalue weighted by Crippen LogP contribution is 2.41. The summed E-state index contributed by atoms with van der Waals surface area (Å²) in [4.78, 5) is 0. The van der Waals surface area contributed by atoms with Crippen LogP contribution in [0.15, 0.2) is 79.4 Å². The van der Waals surface area contributed by atoms with Gasteiger partial charge in [0.2, 0.25) is 6.33 Å². The lowest BCUT2D eigenvalue weighted by molar-refractivity contribution is -0.697. The van der Waals surface area contributed by atoms with Crippen LogP contribution in [-0.2, 0) is 18.4 Å². The monoisotopic (exact) mass is 698 g/mol. The quantitative estimate of drug-likeness (QED) is 0.0442. The fourth-order valence-corrected chi connectivity index (χ4v) is 8.44. The maximum Gasteiger partial charge on any atom is 0.244 e. The number of hydrogen-bond donors (Lipinski definition) is 0. The zero-order valence-electron chi connectivity index (χ0n) is 34.0. The van der Waals surface area contributed by atoms with Gasteiger partial charge in [0.25, 0.3) is 0 Å². The van der Waals surface area contributed by atoms with Gasteiger partial charge < -0.3 is 0 Å². The minimum atomic E-state index is 0.00693. The Labute approximate surface area is 317 Å². The van der Waals surface area contributed by atoms with Crippen LogP contribution in [0.5, 0.6) is 0 Å².